The van der Waals surface area contributed by atoms with Crippen molar-refractivity contribution in [1.29, 1.82) is 0 Å². The first-order valence-electron chi connectivity index (χ1n) is 22.5. The normalized spacial score (nSPS) is 45.2. The molecule has 2 saturated heterocycles. The lowest BCUT2D eigenvalue weighted by Crippen LogP contribution is -2.59. The summed E-state index contributed by atoms with van der Waals surface area (Å²) in [5, 5.41) is 138. The van der Waals surface area contributed by atoms with Crippen LogP contribution in [-0.2, 0) is 23.7 Å². The lowest BCUT2D eigenvalue weighted by molar-refractivity contribution is -0.328. The van der Waals surface area contributed by atoms with Crippen LogP contribution in [0.2, 0.25) is 0 Å². The number of aliphatic hydroxyl groups is 13. The van der Waals surface area contributed by atoms with Crippen molar-refractivity contribution < 1.29 is 94.5 Å². The van der Waals surface area contributed by atoms with E-state index in [0.29, 0.717) is 0 Å². The minimum Gasteiger partial charge on any atom is -0.462 e. The molecule has 18 nitrogen and oxygen atoms in total. The fourth-order valence-electron chi connectivity index (χ4n) is 8.04. The maximum Gasteiger partial charge on any atom is 0.308 e. The van der Waals surface area contributed by atoms with E-state index >= 15 is 4.39 Å². The predicted octanol–water partition coefficient (Wildman–Crippen LogP) is -0.0790. The second-order valence-electron chi connectivity index (χ2n) is 17.6. The Morgan fingerprint density at radius 2 is 1.27 bits per heavy atom. The summed E-state index contributed by atoms with van der Waals surface area (Å²) < 4.78 is 37.9. The van der Waals surface area contributed by atoms with Crippen molar-refractivity contribution >= 4 is 5.97 Å². The van der Waals surface area contributed by atoms with Gasteiger partial charge in [-0.15, -0.1) is 0 Å². The second-order valence-corrected chi connectivity index (χ2v) is 17.6. The molecule has 0 spiro atoms. The van der Waals surface area contributed by atoms with E-state index in [1.54, 1.807) is 86.8 Å². The third-order valence-electron chi connectivity index (χ3n) is 12.0. The van der Waals surface area contributed by atoms with Crippen molar-refractivity contribution in [2.75, 3.05) is 6.61 Å². The van der Waals surface area contributed by atoms with Gasteiger partial charge in [0.25, 0.3) is 0 Å². The Kier molecular flexibility index (Phi) is 24.7. The Bertz CT molecular complexity index is 1630. The zero-order valence-electron chi connectivity index (χ0n) is 37.6. The molecule has 0 aromatic rings. The zero-order chi connectivity index (χ0) is 49.1. The fourth-order valence-corrected chi connectivity index (χ4v) is 8.04. The van der Waals surface area contributed by atoms with E-state index in [0.717, 1.165) is 0 Å². The molecule has 0 aromatic heterocycles. The highest BCUT2D eigenvalue weighted by molar-refractivity contribution is 5.70. The van der Waals surface area contributed by atoms with Crippen LogP contribution in [-0.4, -0.2) is 183 Å². The maximum absolute atomic E-state index is 15.3. The molecule has 19 heteroatoms. The number of carbonyl (C=O) groups is 1. The highest BCUT2D eigenvalue weighted by Gasteiger charge is 2.51. The molecule has 0 radical (unpaired) electrons. The minimum absolute atomic E-state index is 0.126. The molecular formula is C47H73FO18. The third-order valence-corrected chi connectivity index (χ3v) is 12.0. The van der Waals surface area contributed by atoms with Gasteiger partial charge in [-0.25, -0.2) is 4.39 Å². The Hall–Kier alpha value is -3.06. The number of cyclic esters (lactones) is 1. The first kappa shape index (κ1) is 57.3. The van der Waals surface area contributed by atoms with E-state index in [2.05, 4.69) is 0 Å². The summed E-state index contributed by atoms with van der Waals surface area (Å²) in [6, 6.07) is 0. The monoisotopic (exact) mass is 944 g/mol. The standard InChI is InChI=1S/C47H73FO18/c1-27-16-14-12-10-8-6-4-5-7-9-11-13-15-17-33(64-46-41(48)44(59)43(58)38(26-49)65-46)23-37-40(45(60)61)36(55)25-47(62,66-37)24-32(52)21-35(54)34(53)19-18-30(50)20-31(51)22-39(56)63-29(3)28(2)42(27)57/h4-17,27-38,40-46,49-55,57-62H,18-26H2,1-3H3/b5-4+,8-6+,9-7+,12-10+,13-11+,16-14+,17-15+/t27-,28-,29-,30?,31?,32?,33?,34?,35?,36-,37-,38?,40?,41?,42?,43?,44?,46-,47?/m0/s1. The van der Waals surface area contributed by atoms with Crippen LogP contribution in [0.5, 0.6) is 0 Å². The number of rotatable bonds is 4. The number of allylic oxidation sites excluding steroid dienone is 12. The molecule has 0 saturated carbocycles. The number of esters is 1. The topological polar surface area (TPSA) is 317 Å². The first-order valence-corrected chi connectivity index (χ1v) is 22.5. The summed E-state index contributed by atoms with van der Waals surface area (Å²) in [5.74, 6) is -5.36. The van der Waals surface area contributed by atoms with Crippen LogP contribution in [0, 0.1) is 17.8 Å². The third kappa shape index (κ3) is 18.8. The van der Waals surface area contributed by atoms with Gasteiger partial charge < -0.3 is 85.3 Å². The molecule has 13 N–H and O–H groups in total. The Morgan fingerprint density at radius 3 is 1.85 bits per heavy atom. The summed E-state index contributed by atoms with van der Waals surface area (Å²) in [6.07, 6.45) is -4.38. The second kappa shape index (κ2) is 28.4. The number of halogens is 1. The van der Waals surface area contributed by atoms with E-state index < -0.39 is 160 Å². The molecule has 3 heterocycles. The van der Waals surface area contributed by atoms with Crippen LogP contribution < -0.4 is 0 Å². The summed E-state index contributed by atoms with van der Waals surface area (Å²) in [6.45, 7) is 4.38. The van der Waals surface area contributed by atoms with Gasteiger partial charge in [0, 0.05) is 37.5 Å². The Morgan fingerprint density at radius 1 is 0.697 bits per heavy atom. The quantitative estimate of drug-likeness (QED) is 0.130. The van der Waals surface area contributed by atoms with E-state index in [-0.39, 0.29) is 25.2 Å². The van der Waals surface area contributed by atoms with Crippen LogP contribution in [0.25, 0.3) is 0 Å². The van der Waals surface area contributed by atoms with Gasteiger partial charge in [0.15, 0.2) is 24.5 Å². The number of hydrogen-bond donors (Lipinski definition) is 13. The van der Waals surface area contributed by atoms with Crippen LogP contribution >= 0.6 is 0 Å². The van der Waals surface area contributed by atoms with Gasteiger partial charge in [0.05, 0.1) is 73.9 Å². The molecule has 3 aliphatic heterocycles. The lowest BCUT2D eigenvalue weighted by atomic mass is 9.82. The predicted molar refractivity (Wildman–Crippen MR) is 236 cm³/mol. The molecule has 0 amide bonds. The molecule has 3 aliphatic rings. The molecule has 19 atom stereocenters. The SMILES string of the molecule is C[C@@H]1OC(=O)CC(O)CC(O)CCC(O)C(O)CC(O)CC2(O)C[C@H](O)C(C(O)O)[C@H](CC(O[C@H]3OC(CO)C(O)C(O)C3F)/C=C/C=C/C=C/C=C/C=C/C=C/C=C/[C@H](C)C(O)[C@H]1C)O2. The van der Waals surface area contributed by atoms with E-state index in [9.17, 15) is 71.2 Å². The summed E-state index contributed by atoms with van der Waals surface area (Å²) in [4.78, 5) is 12.6. The van der Waals surface area contributed by atoms with Gasteiger partial charge in [-0.1, -0.05) is 98.9 Å². The Labute approximate surface area is 385 Å². The van der Waals surface area contributed by atoms with Gasteiger partial charge in [0.1, 0.15) is 24.4 Å². The Balaban J connectivity index is 1.87. The van der Waals surface area contributed by atoms with Crippen LogP contribution in [0.1, 0.15) is 72.1 Å². The molecular weight excluding hydrogens is 871 g/mol. The number of alkyl halides is 1. The summed E-state index contributed by atoms with van der Waals surface area (Å²) >= 11 is 0. The number of ether oxygens (including phenoxy) is 4. The van der Waals surface area contributed by atoms with Gasteiger partial charge in [0.2, 0.25) is 0 Å². The molecule has 66 heavy (non-hydrogen) atoms. The number of aliphatic hydroxyl groups excluding tert-OH is 11. The van der Waals surface area contributed by atoms with Crippen LogP contribution in [0.15, 0.2) is 85.1 Å². The largest absolute Gasteiger partial charge is 0.462 e. The van der Waals surface area contributed by atoms with Crippen molar-refractivity contribution in [2.45, 2.75) is 176 Å². The van der Waals surface area contributed by atoms with Crippen molar-refractivity contribution in [1.82, 2.24) is 0 Å². The average molecular weight is 945 g/mol. The van der Waals surface area contributed by atoms with Crippen LogP contribution in [0.3, 0.4) is 0 Å². The van der Waals surface area contributed by atoms with E-state index in [1.165, 1.54) is 12.2 Å². The molecule has 2 fully saturated rings. The zero-order valence-corrected chi connectivity index (χ0v) is 37.6. The number of carbonyl (C=O) groups excluding carboxylic acids is 1. The fraction of sp³-hybridized carbons (Fsp3) is 0.681. The van der Waals surface area contributed by atoms with Crippen molar-refractivity contribution in [3.8, 4) is 0 Å². The van der Waals surface area contributed by atoms with Gasteiger partial charge in [-0.2, -0.15) is 0 Å². The number of hydrogen-bond acceptors (Lipinski definition) is 18. The molecule has 3 rings (SSSR count). The smallest absolute Gasteiger partial charge is 0.308 e. The van der Waals surface area contributed by atoms with Gasteiger partial charge >= 0.3 is 5.97 Å². The average Bonchev–Trinajstić information content (AvgIpc) is 3.23. The molecule has 0 aliphatic carbocycles. The van der Waals surface area contributed by atoms with Crippen molar-refractivity contribution in [3.05, 3.63) is 85.1 Å². The highest BCUT2D eigenvalue weighted by Crippen LogP contribution is 2.39. The molecule has 376 valence electrons. The highest BCUT2D eigenvalue weighted by atomic mass is 19.1. The number of fused-ring (bicyclic) bond motifs is 2. The molecule has 13 unspecified atom stereocenters. The van der Waals surface area contributed by atoms with Gasteiger partial charge in [-0.05, 0) is 26.2 Å². The maximum atomic E-state index is 15.3. The molecule has 2 bridgehead atoms. The summed E-state index contributed by atoms with van der Waals surface area (Å²) in [7, 11) is 0. The first-order chi connectivity index (χ1) is 31.2. The van der Waals surface area contributed by atoms with Crippen molar-refractivity contribution in [3.63, 3.8) is 0 Å². The molecule has 0 aromatic carbocycles. The van der Waals surface area contributed by atoms with Crippen LogP contribution in [0.4, 0.5) is 4.39 Å². The minimum atomic E-state index is -2.36. The van der Waals surface area contributed by atoms with Crippen molar-refractivity contribution in [2.24, 2.45) is 17.8 Å². The van der Waals surface area contributed by atoms with E-state index in [4.69, 9.17) is 18.9 Å². The van der Waals surface area contributed by atoms with E-state index in [1.807, 2.05) is 6.92 Å². The lowest BCUT2D eigenvalue weighted by Gasteiger charge is -2.46. The summed E-state index contributed by atoms with van der Waals surface area (Å²) in [5.41, 5.74) is 0. The van der Waals surface area contributed by atoms with Gasteiger partial charge in [-0.3, -0.25) is 4.79 Å².